The van der Waals surface area contributed by atoms with E-state index in [1.807, 2.05) is 36.4 Å². The van der Waals surface area contributed by atoms with Crippen LogP contribution in [0, 0.1) is 0 Å². The lowest BCUT2D eigenvalue weighted by Gasteiger charge is -2.31. The molecule has 1 aliphatic carbocycles. The van der Waals surface area contributed by atoms with E-state index in [1.165, 1.54) is 23.8 Å². The van der Waals surface area contributed by atoms with E-state index >= 15 is 0 Å². The van der Waals surface area contributed by atoms with Gasteiger partial charge in [-0.2, -0.15) is 0 Å². The first kappa shape index (κ1) is 26.0. The number of aromatic nitrogens is 1. The molecule has 0 bridgehead atoms. The van der Waals surface area contributed by atoms with Gasteiger partial charge in [-0.05, 0) is 75.8 Å². The lowest BCUT2D eigenvalue weighted by molar-refractivity contribution is -0.131. The summed E-state index contributed by atoms with van der Waals surface area (Å²) in [6.07, 6.45) is 3.45. The number of benzene rings is 3. The maximum Gasteiger partial charge on any atom is 0.308 e. The van der Waals surface area contributed by atoms with Crippen molar-refractivity contribution < 1.29 is 14.3 Å². The van der Waals surface area contributed by atoms with E-state index < -0.39 is 5.97 Å². The van der Waals surface area contributed by atoms with Crippen LogP contribution in [0.2, 0.25) is 0 Å². The number of carbonyl (C=O) groups excluding carboxylic acids is 1. The number of rotatable bonds is 4. The Labute approximate surface area is 245 Å². The average molecular weight is 666 g/mol. The highest BCUT2D eigenvalue weighted by Gasteiger charge is 2.32. The number of hydrogen-bond acceptors (Lipinski definition) is 6. The number of hydrogen-bond donors (Lipinski definition) is 0. The molecule has 39 heavy (non-hydrogen) atoms. The van der Waals surface area contributed by atoms with Gasteiger partial charge in [-0.25, -0.2) is 4.99 Å². The van der Waals surface area contributed by atoms with Gasteiger partial charge in [0.25, 0.3) is 5.56 Å². The van der Waals surface area contributed by atoms with Crippen LogP contribution >= 0.6 is 43.2 Å². The summed E-state index contributed by atoms with van der Waals surface area (Å²) < 4.78 is 14.7. The number of allylic oxidation sites excluding steroid dienone is 1. The second-order valence-electron chi connectivity index (χ2n) is 9.29. The molecule has 6 rings (SSSR count). The van der Waals surface area contributed by atoms with Crippen molar-refractivity contribution in [2.45, 2.75) is 25.8 Å². The fourth-order valence-corrected chi connectivity index (χ4v) is 7.55. The van der Waals surface area contributed by atoms with E-state index in [1.54, 1.807) is 23.8 Å². The van der Waals surface area contributed by atoms with Crippen molar-refractivity contribution in [1.82, 2.24) is 4.57 Å². The van der Waals surface area contributed by atoms with Gasteiger partial charge in [0, 0.05) is 22.5 Å². The molecule has 0 amide bonds. The Morgan fingerprint density at radius 1 is 1.10 bits per heavy atom. The van der Waals surface area contributed by atoms with Crippen LogP contribution in [0.15, 0.2) is 85.0 Å². The summed E-state index contributed by atoms with van der Waals surface area (Å²) in [5.41, 5.74) is 5.83. The minimum absolute atomic E-state index is 0.151. The number of carbonyl (C=O) groups is 1. The SMILES string of the molecule is COc1cccc([C@@H]2C3=C(N=c4s/c(=C/c5cc(Br)cc(Br)c5OC(C)=O)c(=O)n42)c2ccccc2CC3)c1. The number of halogens is 2. The standard InChI is InChI=1S/C30H22Br2N2O4S/c1-16(35)38-28-19(12-20(31)15-24(28)32)14-25-29(36)34-27(18-7-5-8-21(13-18)37-2)23-11-10-17-6-3-4-9-22(17)26(23)33-30(34)39-25/h3-9,12-15,27H,10-11H2,1-2H3/b25-14+/t27-/m1/s1. The number of esters is 1. The van der Waals surface area contributed by atoms with Crippen molar-refractivity contribution in [3.63, 3.8) is 0 Å². The monoisotopic (exact) mass is 664 g/mol. The van der Waals surface area contributed by atoms with Crippen LogP contribution in [-0.2, 0) is 11.2 Å². The highest BCUT2D eigenvalue weighted by Crippen LogP contribution is 2.41. The molecular weight excluding hydrogens is 644 g/mol. The molecule has 2 heterocycles. The van der Waals surface area contributed by atoms with E-state index in [4.69, 9.17) is 14.5 Å². The zero-order chi connectivity index (χ0) is 27.3. The third-order valence-electron chi connectivity index (χ3n) is 6.85. The topological polar surface area (TPSA) is 69.9 Å². The van der Waals surface area contributed by atoms with Gasteiger partial charge in [-0.1, -0.05) is 63.7 Å². The molecule has 6 nitrogen and oxygen atoms in total. The molecule has 0 unspecified atom stereocenters. The third-order valence-corrected chi connectivity index (χ3v) is 8.88. The summed E-state index contributed by atoms with van der Waals surface area (Å²) in [4.78, 5) is 31.6. The molecule has 0 spiro atoms. The summed E-state index contributed by atoms with van der Waals surface area (Å²) in [5, 5.41) is 0. The van der Waals surface area contributed by atoms with Gasteiger partial charge < -0.3 is 9.47 Å². The fraction of sp³-hybridized carbons (Fsp3) is 0.167. The average Bonchev–Trinajstić information content (AvgIpc) is 3.23. The molecule has 1 atom stereocenters. The molecule has 0 saturated heterocycles. The van der Waals surface area contributed by atoms with Crippen LogP contribution in [-0.4, -0.2) is 17.6 Å². The first-order valence-corrected chi connectivity index (χ1v) is 14.7. The summed E-state index contributed by atoms with van der Waals surface area (Å²) in [7, 11) is 1.64. The highest BCUT2D eigenvalue weighted by molar-refractivity contribution is 9.11. The molecule has 3 aromatic carbocycles. The predicted octanol–water partition coefficient (Wildman–Crippen LogP) is 5.78. The zero-order valence-electron chi connectivity index (χ0n) is 21.0. The largest absolute Gasteiger partial charge is 0.497 e. The molecule has 0 radical (unpaired) electrons. The van der Waals surface area contributed by atoms with E-state index in [0.717, 1.165) is 45.5 Å². The van der Waals surface area contributed by atoms with Gasteiger partial charge >= 0.3 is 5.97 Å². The van der Waals surface area contributed by atoms with Crippen molar-refractivity contribution >= 4 is 60.9 Å². The van der Waals surface area contributed by atoms with Crippen molar-refractivity contribution in [3.8, 4) is 11.5 Å². The summed E-state index contributed by atoms with van der Waals surface area (Å²) >= 11 is 8.31. The van der Waals surface area contributed by atoms with E-state index in [-0.39, 0.29) is 11.6 Å². The van der Waals surface area contributed by atoms with Crippen LogP contribution in [0.4, 0.5) is 0 Å². The van der Waals surface area contributed by atoms with Crippen LogP contribution in [0.1, 0.15) is 41.6 Å². The van der Waals surface area contributed by atoms with Gasteiger partial charge in [-0.15, -0.1) is 0 Å². The number of ether oxygens (including phenoxy) is 2. The number of fused-ring (bicyclic) bond motifs is 3. The number of methoxy groups -OCH3 is 1. The quantitative estimate of drug-likeness (QED) is 0.205. The molecule has 196 valence electrons. The Balaban J connectivity index is 1.62. The smallest absolute Gasteiger partial charge is 0.308 e. The Kier molecular flexibility index (Phi) is 6.91. The van der Waals surface area contributed by atoms with Gasteiger partial charge in [0.05, 0.1) is 27.9 Å². The first-order valence-electron chi connectivity index (χ1n) is 12.3. The molecule has 0 N–H and O–H groups in total. The number of aryl methyl sites for hydroxylation is 1. The summed E-state index contributed by atoms with van der Waals surface area (Å²) in [6.45, 7) is 1.35. The second-order valence-corrected chi connectivity index (χ2v) is 12.1. The van der Waals surface area contributed by atoms with Gasteiger partial charge in [0.15, 0.2) is 10.6 Å². The minimum Gasteiger partial charge on any atom is -0.497 e. The molecule has 0 saturated carbocycles. The van der Waals surface area contributed by atoms with Crippen molar-refractivity contribution in [2.75, 3.05) is 7.11 Å². The van der Waals surface area contributed by atoms with E-state index in [0.29, 0.717) is 25.1 Å². The molecule has 4 aromatic rings. The second kappa shape index (κ2) is 10.4. The maximum atomic E-state index is 14.1. The van der Waals surface area contributed by atoms with Crippen molar-refractivity contribution in [1.29, 1.82) is 0 Å². The summed E-state index contributed by atoms with van der Waals surface area (Å²) in [6, 6.07) is 19.5. The minimum atomic E-state index is -0.446. The molecule has 1 aliphatic heterocycles. The first-order chi connectivity index (χ1) is 18.8. The summed E-state index contributed by atoms with van der Waals surface area (Å²) in [5.74, 6) is 0.641. The van der Waals surface area contributed by atoms with Crippen LogP contribution in [0.3, 0.4) is 0 Å². The van der Waals surface area contributed by atoms with E-state index in [9.17, 15) is 9.59 Å². The third kappa shape index (κ3) is 4.73. The van der Waals surface area contributed by atoms with E-state index in [2.05, 4.69) is 50.1 Å². The lowest BCUT2D eigenvalue weighted by atomic mass is 9.83. The van der Waals surface area contributed by atoms with Crippen molar-refractivity contribution in [2.24, 2.45) is 4.99 Å². The Hall–Kier alpha value is -3.27. The van der Waals surface area contributed by atoms with Gasteiger partial charge in [-0.3, -0.25) is 14.2 Å². The maximum absolute atomic E-state index is 14.1. The molecular formula is C30H22Br2N2O4S. The molecule has 0 fully saturated rings. The fourth-order valence-electron chi connectivity index (χ4n) is 5.21. The normalized spacial score (nSPS) is 16.2. The zero-order valence-corrected chi connectivity index (χ0v) is 25.0. The van der Waals surface area contributed by atoms with Gasteiger partial charge in [0.1, 0.15) is 5.75 Å². The Morgan fingerprint density at radius 3 is 2.72 bits per heavy atom. The Morgan fingerprint density at radius 2 is 1.92 bits per heavy atom. The number of thiazole rings is 1. The molecule has 9 heteroatoms. The van der Waals surface area contributed by atoms with Crippen LogP contribution in [0.25, 0.3) is 11.8 Å². The molecule has 2 aliphatic rings. The predicted molar refractivity (Wildman–Crippen MR) is 159 cm³/mol. The van der Waals surface area contributed by atoms with Crippen LogP contribution in [0.5, 0.6) is 11.5 Å². The number of nitrogens with zero attached hydrogens (tertiary/aromatic N) is 2. The highest BCUT2D eigenvalue weighted by atomic mass is 79.9. The lowest BCUT2D eigenvalue weighted by Crippen LogP contribution is -2.38. The molecule has 1 aromatic heterocycles. The Bertz CT molecular complexity index is 1870. The van der Waals surface area contributed by atoms with Crippen LogP contribution < -0.4 is 24.4 Å². The van der Waals surface area contributed by atoms with Crippen molar-refractivity contribution in [3.05, 3.63) is 117 Å². The van der Waals surface area contributed by atoms with Gasteiger partial charge in [0.2, 0.25) is 0 Å².